The van der Waals surface area contributed by atoms with E-state index in [2.05, 4.69) is 0 Å². The van der Waals surface area contributed by atoms with Crippen molar-refractivity contribution in [2.45, 2.75) is 13.3 Å². The largest absolute Gasteiger partial charge is 0.396 e. The monoisotopic (exact) mass is 133 g/mol. The molecule has 0 atom stereocenters. The van der Waals surface area contributed by atoms with Gasteiger partial charge >= 0.3 is 0 Å². The second kappa shape index (κ2) is 3.82. The summed E-state index contributed by atoms with van der Waals surface area (Å²) in [5, 5.41) is 17.4. The Balaban J connectivity index is 3.62. The van der Waals surface area contributed by atoms with Crippen molar-refractivity contribution in [3.63, 3.8) is 0 Å². The summed E-state index contributed by atoms with van der Waals surface area (Å²) >= 11 is 0. The molecule has 0 aromatic heterocycles. The molecule has 0 aliphatic carbocycles. The van der Waals surface area contributed by atoms with Gasteiger partial charge in [-0.1, -0.05) is 6.92 Å². The lowest BCUT2D eigenvalue weighted by atomic mass is 9.89. The van der Waals surface area contributed by atoms with Crippen molar-refractivity contribution in [2.24, 2.45) is 11.1 Å². The van der Waals surface area contributed by atoms with Gasteiger partial charge in [0.05, 0.1) is 13.2 Å². The lowest BCUT2D eigenvalue weighted by Crippen LogP contribution is -2.28. The van der Waals surface area contributed by atoms with Gasteiger partial charge in [0.1, 0.15) is 0 Å². The fourth-order valence-corrected chi connectivity index (χ4v) is 0.557. The molecule has 0 bridgehead atoms. The molecule has 0 radical (unpaired) electrons. The van der Waals surface area contributed by atoms with Crippen LogP contribution in [0, 0.1) is 5.41 Å². The van der Waals surface area contributed by atoms with Gasteiger partial charge in [-0.15, -0.1) is 0 Å². The van der Waals surface area contributed by atoms with Crippen molar-refractivity contribution in [3.8, 4) is 0 Å². The molecule has 0 heterocycles. The van der Waals surface area contributed by atoms with E-state index in [4.69, 9.17) is 15.9 Å². The maximum atomic E-state index is 8.70. The molecule has 0 aliphatic rings. The van der Waals surface area contributed by atoms with Crippen LogP contribution in [-0.2, 0) is 0 Å². The van der Waals surface area contributed by atoms with Crippen molar-refractivity contribution in [1.82, 2.24) is 0 Å². The minimum Gasteiger partial charge on any atom is -0.396 e. The molecule has 0 saturated heterocycles. The normalized spacial score (nSPS) is 12.0. The number of hydrogen-bond donors (Lipinski definition) is 3. The maximum Gasteiger partial charge on any atom is 0.0507 e. The third-order valence-corrected chi connectivity index (χ3v) is 1.51. The summed E-state index contributed by atoms with van der Waals surface area (Å²) in [6, 6.07) is 0. The molecule has 56 valence electrons. The fourth-order valence-electron chi connectivity index (χ4n) is 0.557. The van der Waals surface area contributed by atoms with Gasteiger partial charge in [-0.2, -0.15) is 0 Å². The highest BCUT2D eigenvalue weighted by atomic mass is 16.3. The van der Waals surface area contributed by atoms with Gasteiger partial charge in [0, 0.05) is 5.41 Å². The van der Waals surface area contributed by atoms with Crippen molar-refractivity contribution < 1.29 is 10.2 Å². The topological polar surface area (TPSA) is 66.5 Å². The van der Waals surface area contributed by atoms with E-state index in [0.717, 1.165) is 0 Å². The predicted molar refractivity (Wildman–Crippen MR) is 35.9 cm³/mol. The SMILES string of the molecule is CC(CO)(CO)CCN. The van der Waals surface area contributed by atoms with Crippen LogP contribution in [0.25, 0.3) is 0 Å². The van der Waals surface area contributed by atoms with Crippen LogP contribution < -0.4 is 5.73 Å². The van der Waals surface area contributed by atoms with E-state index in [1.807, 2.05) is 0 Å². The zero-order valence-corrected chi connectivity index (χ0v) is 5.80. The molecule has 0 saturated carbocycles. The molecule has 3 heteroatoms. The van der Waals surface area contributed by atoms with Crippen molar-refractivity contribution in [3.05, 3.63) is 0 Å². The first kappa shape index (κ1) is 8.88. The van der Waals surface area contributed by atoms with Crippen LogP contribution in [0.15, 0.2) is 0 Å². The summed E-state index contributed by atoms with van der Waals surface area (Å²) in [6.07, 6.45) is 0.667. The van der Waals surface area contributed by atoms with Gasteiger partial charge in [0.25, 0.3) is 0 Å². The number of rotatable bonds is 4. The first-order valence-electron chi connectivity index (χ1n) is 3.10. The highest BCUT2D eigenvalue weighted by Crippen LogP contribution is 2.17. The smallest absolute Gasteiger partial charge is 0.0507 e. The molecule has 0 aromatic carbocycles. The maximum absolute atomic E-state index is 8.70. The molecule has 0 aliphatic heterocycles. The third kappa shape index (κ3) is 2.79. The summed E-state index contributed by atoms with van der Waals surface area (Å²) in [7, 11) is 0. The Kier molecular flexibility index (Phi) is 3.77. The molecule has 4 N–H and O–H groups in total. The second-order valence-electron chi connectivity index (χ2n) is 2.67. The predicted octanol–water partition coefficient (Wildman–Crippen LogP) is -0.674. The van der Waals surface area contributed by atoms with E-state index in [0.29, 0.717) is 13.0 Å². The summed E-state index contributed by atoms with van der Waals surface area (Å²) in [5.41, 5.74) is 4.86. The van der Waals surface area contributed by atoms with E-state index < -0.39 is 0 Å². The van der Waals surface area contributed by atoms with E-state index in [1.54, 1.807) is 6.92 Å². The summed E-state index contributed by atoms with van der Waals surface area (Å²) in [4.78, 5) is 0. The third-order valence-electron chi connectivity index (χ3n) is 1.51. The average Bonchev–Trinajstić information content (AvgIpc) is 1.89. The number of nitrogens with two attached hydrogens (primary N) is 1. The van der Waals surface area contributed by atoms with Gasteiger partial charge in [-0.25, -0.2) is 0 Å². The van der Waals surface area contributed by atoms with Crippen molar-refractivity contribution >= 4 is 0 Å². The van der Waals surface area contributed by atoms with Crippen LogP contribution in [0.1, 0.15) is 13.3 Å². The molecule has 0 rings (SSSR count). The second-order valence-corrected chi connectivity index (χ2v) is 2.67. The average molecular weight is 133 g/mol. The Labute approximate surface area is 55.5 Å². The Hall–Kier alpha value is -0.120. The summed E-state index contributed by atoms with van der Waals surface area (Å²) in [6.45, 7) is 2.32. The lowest BCUT2D eigenvalue weighted by molar-refractivity contribution is 0.0649. The number of hydrogen-bond acceptors (Lipinski definition) is 3. The van der Waals surface area contributed by atoms with Crippen LogP contribution in [0.4, 0.5) is 0 Å². The Morgan fingerprint density at radius 2 is 1.78 bits per heavy atom. The lowest BCUT2D eigenvalue weighted by Gasteiger charge is -2.22. The molecular weight excluding hydrogens is 118 g/mol. The fraction of sp³-hybridized carbons (Fsp3) is 1.00. The summed E-state index contributed by atoms with van der Waals surface area (Å²) < 4.78 is 0. The van der Waals surface area contributed by atoms with Crippen molar-refractivity contribution in [1.29, 1.82) is 0 Å². The molecule has 9 heavy (non-hydrogen) atoms. The molecular formula is C6H15NO2. The first-order chi connectivity index (χ1) is 4.18. The minimum absolute atomic E-state index is 0.000694. The standard InChI is InChI=1S/C6H15NO2/c1-6(4-8,5-9)2-3-7/h8-9H,2-5,7H2,1H3. The molecule has 3 nitrogen and oxygen atoms in total. The van der Waals surface area contributed by atoms with E-state index in [1.165, 1.54) is 0 Å². The van der Waals surface area contributed by atoms with Crippen LogP contribution in [0.2, 0.25) is 0 Å². The van der Waals surface area contributed by atoms with E-state index >= 15 is 0 Å². The molecule has 0 unspecified atom stereocenters. The van der Waals surface area contributed by atoms with Crippen LogP contribution in [0.5, 0.6) is 0 Å². The minimum atomic E-state index is -0.380. The first-order valence-corrected chi connectivity index (χ1v) is 3.10. The molecule has 0 aromatic rings. The van der Waals surface area contributed by atoms with Crippen LogP contribution in [-0.4, -0.2) is 30.0 Å². The quantitative estimate of drug-likeness (QED) is 0.476. The van der Waals surface area contributed by atoms with Crippen molar-refractivity contribution in [2.75, 3.05) is 19.8 Å². The zero-order valence-electron chi connectivity index (χ0n) is 5.80. The number of aliphatic hydroxyl groups is 2. The van der Waals surface area contributed by atoms with Crippen LogP contribution in [0.3, 0.4) is 0 Å². The van der Waals surface area contributed by atoms with Gasteiger partial charge in [0.15, 0.2) is 0 Å². The molecule has 0 spiro atoms. The molecule has 0 fully saturated rings. The Morgan fingerprint density at radius 1 is 1.33 bits per heavy atom. The molecule has 0 amide bonds. The van der Waals surface area contributed by atoms with Gasteiger partial charge in [-0.3, -0.25) is 0 Å². The highest BCUT2D eigenvalue weighted by Gasteiger charge is 2.20. The van der Waals surface area contributed by atoms with Gasteiger partial charge < -0.3 is 15.9 Å². The Morgan fingerprint density at radius 3 is 1.89 bits per heavy atom. The zero-order chi connectivity index (χ0) is 7.33. The van der Waals surface area contributed by atoms with Crippen LogP contribution >= 0.6 is 0 Å². The highest BCUT2D eigenvalue weighted by molar-refractivity contribution is 4.71. The van der Waals surface area contributed by atoms with E-state index in [-0.39, 0.29) is 18.6 Å². The van der Waals surface area contributed by atoms with Gasteiger partial charge in [0.2, 0.25) is 0 Å². The number of aliphatic hydroxyl groups excluding tert-OH is 2. The van der Waals surface area contributed by atoms with E-state index in [9.17, 15) is 0 Å². The Bertz CT molecular complexity index is 71.5. The summed E-state index contributed by atoms with van der Waals surface area (Å²) in [5.74, 6) is 0. The van der Waals surface area contributed by atoms with Gasteiger partial charge in [-0.05, 0) is 13.0 Å².